The first kappa shape index (κ1) is 17.1. The molecule has 0 bridgehead atoms. The van der Waals surface area contributed by atoms with Crippen LogP contribution in [0.3, 0.4) is 0 Å². The molecule has 2 aromatic rings. The zero-order valence-electron chi connectivity index (χ0n) is 12.8. The van der Waals surface area contributed by atoms with Crippen molar-refractivity contribution in [1.82, 2.24) is 19.1 Å². The zero-order chi connectivity index (χ0) is 17.3. The Labute approximate surface area is 147 Å². The maximum atomic E-state index is 12.9. The van der Waals surface area contributed by atoms with Crippen LogP contribution >= 0.6 is 15.9 Å². The standard InChI is InChI=1S/C14H15BrN4O4S/c1-23-14(20)18-9-16-13(17-18)24(21,22)19(11-6-7-11)8-10-4-2-3-5-12(10)15/h2-5,9,11H,6-8H2,1H3. The molecule has 0 atom stereocenters. The fourth-order valence-corrected chi connectivity index (χ4v) is 4.12. The van der Waals surface area contributed by atoms with Gasteiger partial charge in [-0.05, 0) is 24.5 Å². The topological polar surface area (TPSA) is 94.4 Å². The number of hydrogen-bond donors (Lipinski definition) is 0. The molecule has 128 valence electrons. The Morgan fingerprint density at radius 2 is 2.12 bits per heavy atom. The number of benzene rings is 1. The number of rotatable bonds is 5. The molecule has 0 unspecified atom stereocenters. The number of methoxy groups -OCH3 is 1. The van der Waals surface area contributed by atoms with E-state index in [1.165, 1.54) is 11.4 Å². The summed E-state index contributed by atoms with van der Waals surface area (Å²) >= 11 is 3.43. The molecular weight excluding hydrogens is 400 g/mol. The highest BCUT2D eigenvalue weighted by atomic mass is 79.9. The van der Waals surface area contributed by atoms with Gasteiger partial charge in [-0.15, -0.1) is 5.10 Å². The van der Waals surface area contributed by atoms with Crippen LogP contribution in [0, 0.1) is 0 Å². The van der Waals surface area contributed by atoms with Gasteiger partial charge in [0.1, 0.15) is 6.33 Å². The first-order chi connectivity index (χ1) is 11.4. The number of ether oxygens (including phenoxy) is 1. The van der Waals surface area contributed by atoms with Crippen molar-refractivity contribution in [1.29, 1.82) is 0 Å². The summed E-state index contributed by atoms with van der Waals surface area (Å²) in [5, 5.41) is 3.33. The summed E-state index contributed by atoms with van der Waals surface area (Å²) in [7, 11) is -2.73. The minimum absolute atomic E-state index is 0.0767. The molecule has 3 rings (SSSR count). The van der Waals surface area contributed by atoms with Gasteiger partial charge in [-0.25, -0.2) is 18.2 Å². The van der Waals surface area contributed by atoms with E-state index in [1.54, 1.807) is 0 Å². The van der Waals surface area contributed by atoms with Gasteiger partial charge in [-0.3, -0.25) is 0 Å². The van der Waals surface area contributed by atoms with Gasteiger partial charge >= 0.3 is 6.09 Å². The van der Waals surface area contributed by atoms with Crippen LogP contribution in [0.1, 0.15) is 18.4 Å². The molecule has 1 fully saturated rings. The predicted octanol–water partition coefficient (Wildman–Crippen LogP) is 2.01. The highest BCUT2D eigenvalue weighted by molar-refractivity contribution is 9.10. The first-order valence-electron chi connectivity index (χ1n) is 7.18. The summed E-state index contributed by atoms with van der Waals surface area (Å²) in [5.74, 6) is 0. The second kappa shape index (κ2) is 6.61. The zero-order valence-corrected chi connectivity index (χ0v) is 15.2. The van der Waals surface area contributed by atoms with Crippen molar-refractivity contribution in [2.45, 2.75) is 30.6 Å². The molecule has 1 aromatic heterocycles. The Morgan fingerprint density at radius 3 is 2.75 bits per heavy atom. The van der Waals surface area contributed by atoms with Crippen molar-refractivity contribution in [2.24, 2.45) is 0 Å². The molecule has 8 nitrogen and oxygen atoms in total. The van der Waals surface area contributed by atoms with E-state index in [1.807, 2.05) is 24.3 Å². The molecule has 24 heavy (non-hydrogen) atoms. The van der Waals surface area contributed by atoms with E-state index in [-0.39, 0.29) is 12.6 Å². The Kier molecular flexibility index (Phi) is 4.70. The number of carbonyl (C=O) groups excluding carboxylic acids is 1. The molecular formula is C14H15BrN4O4S. The quantitative estimate of drug-likeness (QED) is 0.742. The smallest absolute Gasteiger partial charge is 0.435 e. The van der Waals surface area contributed by atoms with Crippen molar-refractivity contribution >= 4 is 32.0 Å². The molecule has 1 aliphatic rings. The van der Waals surface area contributed by atoms with Crippen LogP contribution < -0.4 is 0 Å². The third-order valence-corrected chi connectivity index (χ3v) is 6.08. The van der Waals surface area contributed by atoms with Gasteiger partial charge in [0.2, 0.25) is 0 Å². The lowest BCUT2D eigenvalue weighted by Gasteiger charge is -2.20. The number of hydrogen-bond acceptors (Lipinski definition) is 6. The lowest BCUT2D eigenvalue weighted by molar-refractivity contribution is 0.168. The van der Waals surface area contributed by atoms with Crippen LogP contribution in [0.25, 0.3) is 0 Å². The molecule has 1 aliphatic carbocycles. The van der Waals surface area contributed by atoms with E-state index in [4.69, 9.17) is 0 Å². The third kappa shape index (κ3) is 3.35. The number of carbonyl (C=O) groups is 1. The summed E-state index contributed by atoms with van der Waals surface area (Å²) in [6.45, 7) is 0.210. The maximum Gasteiger partial charge on any atom is 0.435 e. The largest absolute Gasteiger partial charge is 0.451 e. The molecule has 1 saturated carbocycles. The molecule has 1 heterocycles. The van der Waals surface area contributed by atoms with Gasteiger partial charge in [0.25, 0.3) is 15.2 Å². The fourth-order valence-electron chi connectivity index (χ4n) is 2.22. The van der Waals surface area contributed by atoms with E-state index in [2.05, 4.69) is 30.7 Å². The average Bonchev–Trinajstić information content (AvgIpc) is 3.27. The Bertz CT molecular complexity index is 863. The van der Waals surface area contributed by atoms with E-state index in [9.17, 15) is 13.2 Å². The SMILES string of the molecule is COC(=O)n1cnc(S(=O)(=O)N(Cc2ccccc2Br)C2CC2)n1. The van der Waals surface area contributed by atoms with Crippen LogP contribution in [0.4, 0.5) is 4.79 Å². The molecule has 0 aliphatic heterocycles. The molecule has 0 amide bonds. The minimum atomic E-state index is -3.91. The van der Waals surface area contributed by atoms with Gasteiger partial charge in [-0.1, -0.05) is 34.1 Å². The maximum absolute atomic E-state index is 12.9. The van der Waals surface area contributed by atoms with Gasteiger partial charge in [0, 0.05) is 17.1 Å². The first-order valence-corrected chi connectivity index (χ1v) is 9.42. The fraction of sp³-hybridized carbons (Fsp3) is 0.357. The molecule has 0 N–H and O–H groups in total. The van der Waals surface area contributed by atoms with Gasteiger partial charge in [0.05, 0.1) is 7.11 Å². The average molecular weight is 415 g/mol. The summed E-state index contributed by atoms with van der Waals surface area (Å²) in [5.41, 5.74) is 0.848. The van der Waals surface area contributed by atoms with E-state index in [0.717, 1.165) is 33.9 Å². The molecule has 0 saturated heterocycles. The second-order valence-electron chi connectivity index (χ2n) is 5.31. The van der Waals surface area contributed by atoms with Gasteiger partial charge < -0.3 is 4.74 Å². The lowest BCUT2D eigenvalue weighted by Crippen LogP contribution is -2.33. The Hall–Kier alpha value is -1.78. The molecule has 1 aromatic carbocycles. The predicted molar refractivity (Wildman–Crippen MR) is 87.7 cm³/mol. The van der Waals surface area contributed by atoms with Crippen LogP contribution in [-0.4, -0.2) is 46.7 Å². The molecule has 0 radical (unpaired) electrons. The molecule has 0 spiro atoms. The lowest BCUT2D eigenvalue weighted by atomic mass is 10.2. The second-order valence-corrected chi connectivity index (χ2v) is 7.95. The van der Waals surface area contributed by atoms with Crippen molar-refractivity contribution in [3.05, 3.63) is 40.6 Å². The van der Waals surface area contributed by atoms with Crippen LogP contribution in [-0.2, 0) is 21.3 Å². The monoisotopic (exact) mass is 414 g/mol. The van der Waals surface area contributed by atoms with Gasteiger partial charge in [0.15, 0.2) is 0 Å². The normalized spacial score (nSPS) is 14.8. The van der Waals surface area contributed by atoms with Crippen molar-refractivity contribution in [3.8, 4) is 0 Å². The highest BCUT2D eigenvalue weighted by Gasteiger charge is 2.40. The number of halogens is 1. The van der Waals surface area contributed by atoms with Crippen LogP contribution in [0.2, 0.25) is 0 Å². The molecule has 10 heteroatoms. The van der Waals surface area contributed by atoms with E-state index >= 15 is 0 Å². The summed E-state index contributed by atoms with van der Waals surface area (Å²) in [4.78, 5) is 15.2. The van der Waals surface area contributed by atoms with Crippen molar-refractivity contribution < 1.29 is 17.9 Å². The Balaban J connectivity index is 1.91. The van der Waals surface area contributed by atoms with E-state index < -0.39 is 21.3 Å². The van der Waals surface area contributed by atoms with Crippen LogP contribution in [0.15, 0.2) is 40.2 Å². The van der Waals surface area contributed by atoms with Crippen molar-refractivity contribution in [2.75, 3.05) is 7.11 Å². The minimum Gasteiger partial charge on any atom is -0.451 e. The Morgan fingerprint density at radius 1 is 1.42 bits per heavy atom. The number of nitrogens with zero attached hydrogens (tertiary/aromatic N) is 4. The summed E-state index contributed by atoms with van der Waals surface area (Å²) in [6.07, 6.45) is 1.82. The number of aromatic nitrogens is 3. The van der Waals surface area contributed by atoms with Gasteiger partial charge in [-0.2, -0.15) is 8.99 Å². The third-order valence-electron chi connectivity index (χ3n) is 3.61. The van der Waals surface area contributed by atoms with E-state index in [0.29, 0.717) is 0 Å². The number of sulfonamides is 1. The highest BCUT2D eigenvalue weighted by Crippen LogP contribution is 2.33. The van der Waals surface area contributed by atoms with Crippen molar-refractivity contribution in [3.63, 3.8) is 0 Å². The summed E-state index contributed by atoms with van der Waals surface area (Å²) < 4.78 is 33.2. The van der Waals surface area contributed by atoms with Crippen LogP contribution in [0.5, 0.6) is 0 Å². The summed E-state index contributed by atoms with van der Waals surface area (Å²) in [6, 6.07) is 7.35.